The van der Waals surface area contributed by atoms with Crippen LogP contribution in [0, 0.1) is 17.2 Å². The van der Waals surface area contributed by atoms with Crippen LogP contribution in [0.15, 0.2) is 18.2 Å². The molecule has 1 atom stereocenters. The van der Waals surface area contributed by atoms with Crippen molar-refractivity contribution in [1.29, 1.82) is 5.26 Å². The van der Waals surface area contributed by atoms with Gasteiger partial charge in [0.2, 0.25) is 0 Å². The first-order chi connectivity index (χ1) is 9.57. The normalized spacial score (nSPS) is 12.2. The molecular formula is C17H26N2O. The molecule has 0 bridgehead atoms. The minimum Gasteiger partial charge on any atom is -0.389 e. The standard InChI is InChI=1S/C17H26N2O/c1-5-14(6-2)12-19(7-3)17-10-15(11-18)8-9-16(17)13(4)20/h8-10,13-14,20H,5-7,12H2,1-4H3/t13-/m0/s1. The third-order valence-electron chi connectivity index (χ3n) is 3.97. The SMILES string of the molecule is CCC(CC)CN(CC)c1cc(C#N)ccc1[C@H](C)O. The molecule has 3 nitrogen and oxygen atoms in total. The highest BCUT2D eigenvalue weighted by Gasteiger charge is 2.17. The zero-order chi connectivity index (χ0) is 15.1. The van der Waals surface area contributed by atoms with E-state index in [2.05, 4.69) is 31.7 Å². The summed E-state index contributed by atoms with van der Waals surface area (Å²) in [6, 6.07) is 7.73. The summed E-state index contributed by atoms with van der Waals surface area (Å²) in [7, 11) is 0. The van der Waals surface area contributed by atoms with Gasteiger partial charge in [0, 0.05) is 24.3 Å². The number of aliphatic hydroxyl groups is 1. The topological polar surface area (TPSA) is 47.3 Å². The van der Waals surface area contributed by atoms with E-state index in [0.29, 0.717) is 11.5 Å². The van der Waals surface area contributed by atoms with Crippen LogP contribution in [0.2, 0.25) is 0 Å². The Morgan fingerprint density at radius 2 is 1.90 bits per heavy atom. The minimum atomic E-state index is -0.520. The van der Waals surface area contributed by atoms with Crippen molar-refractivity contribution in [3.8, 4) is 6.07 Å². The van der Waals surface area contributed by atoms with E-state index in [9.17, 15) is 5.11 Å². The molecule has 1 N–H and O–H groups in total. The van der Waals surface area contributed by atoms with Crippen molar-refractivity contribution in [1.82, 2.24) is 0 Å². The molecule has 3 heteroatoms. The second-order valence-corrected chi connectivity index (χ2v) is 5.28. The number of anilines is 1. The molecule has 1 aromatic rings. The highest BCUT2D eigenvalue weighted by Crippen LogP contribution is 2.29. The molecule has 0 aliphatic heterocycles. The van der Waals surface area contributed by atoms with Gasteiger partial charge in [-0.3, -0.25) is 0 Å². The molecule has 0 saturated heterocycles. The van der Waals surface area contributed by atoms with Crippen LogP contribution in [0.3, 0.4) is 0 Å². The van der Waals surface area contributed by atoms with Crippen LogP contribution in [0.4, 0.5) is 5.69 Å². The van der Waals surface area contributed by atoms with Crippen molar-refractivity contribution in [3.63, 3.8) is 0 Å². The van der Waals surface area contributed by atoms with Gasteiger partial charge in [-0.2, -0.15) is 5.26 Å². The number of hydrogen-bond donors (Lipinski definition) is 1. The Bertz CT molecular complexity index is 459. The van der Waals surface area contributed by atoms with Gasteiger partial charge in [0.1, 0.15) is 0 Å². The Hall–Kier alpha value is -1.53. The van der Waals surface area contributed by atoms with Gasteiger partial charge in [-0.1, -0.05) is 32.8 Å². The maximum atomic E-state index is 9.95. The first-order valence-corrected chi connectivity index (χ1v) is 7.54. The molecule has 0 unspecified atom stereocenters. The first kappa shape index (κ1) is 16.5. The Kier molecular flexibility index (Phi) is 6.54. The summed E-state index contributed by atoms with van der Waals surface area (Å²) in [5, 5.41) is 19.0. The van der Waals surface area contributed by atoms with Gasteiger partial charge in [0.15, 0.2) is 0 Å². The third-order valence-corrected chi connectivity index (χ3v) is 3.97. The van der Waals surface area contributed by atoms with Crippen molar-refractivity contribution in [2.24, 2.45) is 5.92 Å². The largest absolute Gasteiger partial charge is 0.389 e. The van der Waals surface area contributed by atoms with E-state index in [1.165, 1.54) is 0 Å². The highest BCUT2D eigenvalue weighted by atomic mass is 16.3. The summed E-state index contributed by atoms with van der Waals surface area (Å²) < 4.78 is 0. The summed E-state index contributed by atoms with van der Waals surface area (Å²) in [5.41, 5.74) is 2.54. The van der Waals surface area contributed by atoms with Gasteiger partial charge < -0.3 is 10.0 Å². The quantitative estimate of drug-likeness (QED) is 0.821. The molecule has 0 amide bonds. The summed E-state index contributed by atoms with van der Waals surface area (Å²) >= 11 is 0. The van der Waals surface area contributed by atoms with Gasteiger partial charge in [0.05, 0.1) is 17.7 Å². The van der Waals surface area contributed by atoms with Crippen LogP contribution in [0.25, 0.3) is 0 Å². The molecule has 0 aliphatic carbocycles. The van der Waals surface area contributed by atoms with E-state index in [-0.39, 0.29) is 0 Å². The summed E-state index contributed by atoms with van der Waals surface area (Å²) in [6.07, 6.45) is 1.78. The van der Waals surface area contributed by atoms with Crippen LogP contribution >= 0.6 is 0 Å². The number of nitriles is 1. The molecule has 0 aliphatic rings. The lowest BCUT2D eigenvalue weighted by atomic mass is 10.00. The Morgan fingerprint density at radius 1 is 1.25 bits per heavy atom. The van der Waals surface area contributed by atoms with Crippen molar-refractivity contribution >= 4 is 5.69 Å². The molecule has 0 radical (unpaired) electrons. The molecule has 0 spiro atoms. The predicted molar refractivity (Wildman–Crippen MR) is 83.7 cm³/mol. The average Bonchev–Trinajstić information content (AvgIpc) is 2.48. The van der Waals surface area contributed by atoms with Crippen molar-refractivity contribution in [3.05, 3.63) is 29.3 Å². The first-order valence-electron chi connectivity index (χ1n) is 7.54. The molecule has 110 valence electrons. The molecule has 1 aromatic carbocycles. The van der Waals surface area contributed by atoms with Gasteiger partial charge in [-0.25, -0.2) is 0 Å². The molecule has 0 aromatic heterocycles. The Balaban J connectivity index is 3.15. The molecule has 0 fully saturated rings. The fourth-order valence-corrected chi connectivity index (χ4v) is 2.50. The van der Waals surface area contributed by atoms with Crippen molar-refractivity contribution in [2.75, 3.05) is 18.0 Å². The van der Waals surface area contributed by atoms with Gasteiger partial charge in [0.25, 0.3) is 0 Å². The number of hydrogen-bond acceptors (Lipinski definition) is 3. The molecule has 0 heterocycles. The molecule has 0 saturated carbocycles. The number of benzene rings is 1. The molecular weight excluding hydrogens is 248 g/mol. The van der Waals surface area contributed by atoms with Crippen LogP contribution in [-0.4, -0.2) is 18.2 Å². The predicted octanol–water partition coefficient (Wildman–Crippen LogP) is 3.87. The Labute approximate surface area is 122 Å². The van der Waals surface area contributed by atoms with Crippen LogP contribution in [-0.2, 0) is 0 Å². The monoisotopic (exact) mass is 274 g/mol. The Morgan fingerprint density at radius 3 is 2.35 bits per heavy atom. The zero-order valence-corrected chi connectivity index (χ0v) is 13.1. The van der Waals surface area contributed by atoms with E-state index >= 15 is 0 Å². The van der Waals surface area contributed by atoms with Crippen LogP contribution < -0.4 is 4.90 Å². The van der Waals surface area contributed by atoms with Crippen LogP contribution in [0.5, 0.6) is 0 Å². The van der Waals surface area contributed by atoms with E-state index in [1.807, 2.05) is 12.1 Å². The highest BCUT2D eigenvalue weighted by molar-refractivity contribution is 5.58. The number of aliphatic hydroxyl groups excluding tert-OH is 1. The van der Waals surface area contributed by atoms with E-state index in [4.69, 9.17) is 5.26 Å². The average molecular weight is 274 g/mol. The van der Waals surface area contributed by atoms with E-state index in [0.717, 1.165) is 37.2 Å². The van der Waals surface area contributed by atoms with E-state index in [1.54, 1.807) is 13.0 Å². The maximum Gasteiger partial charge on any atom is 0.0992 e. The lowest BCUT2D eigenvalue weighted by Crippen LogP contribution is -2.30. The summed E-state index contributed by atoms with van der Waals surface area (Å²) in [4.78, 5) is 2.28. The lowest BCUT2D eigenvalue weighted by Gasteiger charge is -2.30. The van der Waals surface area contributed by atoms with Gasteiger partial charge >= 0.3 is 0 Å². The fraction of sp³-hybridized carbons (Fsp3) is 0.588. The van der Waals surface area contributed by atoms with E-state index < -0.39 is 6.10 Å². The van der Waals surface area contributed by atoms with Crippen LogP contribution in [0.1, 0.15) is 57.8 Å². The third kappa shape index (κ3) is 3.98. The molecule has 1 rings (SSSR count). The smallest absolute Gasteiger partial charge is 0.0992 e. The number of nitrogens with zero attached hydrogens (tertiary/aromatic N) is 2. The summed E-state index contributed by atoms with van der Waals surface area (Å²) in [6.45, 7) is 10.2. The lowest BCUT2D eigenvalue weighted by molar-refractivity contribution is 0.199. The van der Waals surface area contributed by atoms with Crippen molar-refractivity contribution < 1.29 is 5.11 Å². The second-order valence-electron chi connectivity index (χ2n) is 5.28. The number of rotatable bonds is 7. The van der Waals surface area contributed by atoms with Crippen molar-refractivity contribution in [2.45, 2.75) is 46.6 Å². The zero-order valence-electron chi connectivity index (χ0n) is 13.1. The summed E-state index contributed by atoms with van der Waals surface area (Å²) in [5.74, 6) is 0.641. The maximum absolute atomic E-state index is 9.95. The fourth-order valence-electron chi connectivity index (χ4n) is 2.50. The van der Waals surface area contributed by atoms with Gasteiger partial charge in [-0.15, -0.1) is 0 Å². The second kappa shape index (κ2) is 7.91. The minimum absolute atomic E-state index is 0.520. The molecule has 20 heavy (non-hydrogen) atoms. The van der Waals surface area contributed by atoms with Gasteiger partial charge in [-0.05, 0) is 31.9 Å².